The Labute approximate surface area is 137 Å². The number of carbonyl (C=O) groups excluding carboxylic acids is 1. The molecule has 0 N–H and O–H groups in total. The Hall–Kier alpha value is -1.47. The molecule has 1 atom stereocenters. The fourth-order valence-corrected chi connectivity index (χ4v) is 4.86. The third-order valence-electron chi connectivity index (χ3n) is 4.44. The van der Waals surface area contributed by atoms with Gasteiger partial charge in [0.25, 0.3) is 0 Å². The van der Waals surface area contributed by atoms with Crippen LogP contribution in [0.1, 0.15) is 21.9 Å². The molecule has 4 heterocycles. The maximum Gasteiger partial charge on any atom is 0.227 e. The van der Waals surface area contributed by atoms with E-state index in [2.05, 4.69) is 26.5 Å². The number of hydrogen-bond donors (Lipinski definition) is 0. The maximum atomic E-state index is 12.8. The first kappa shape index (κ1) is 14.1. The zero-order valence-corrected chi connectivity index (χ0v) is 14.1. The van der Waals surface area contributed by atoms with Gasteiger partial charge in [-0.05, 0) is 36.8 Å². The topological polar surface area (TPSA) is 49.3 Å². The van der Waals surface area contributed by atoms with Crippen molar-refractivity contribution in [2.24, 2.45) is 5.92 Å². The molecule has 1 saturated heterocycles. The molecule has 0 radical (unpaired) electrons. The van der Waals surface area contributed by atoms with E-state index < -0.39 is 0 Å². The number of carbonyl (C=O) groups is 1. The van der Waals surface area contributed by atoms with Crippen molar-refractivity contribution >= 4 is 33.7 Å². The summed E-state index contributed by atoms with van der Waals surface area (Å²) >= 11 is 3.42. The van der Waals surface area contributed by atoms with Gasteiger partial charge in [-0.15, -0.1) is 21.5 Å². The summed E-state index contributed by atoms with van der Waals surface area (Å²) in [6, 6.07) is 2.16. The summed E-state index contributed by atoms with van der Waals surface area (Å²) in [6.45, 7) is 5.29. The van der Waals surface area contributed by atoms with Crippen LogP contribution in [0.3, 0.4) is 0 Å². The Balaban J connectivity index is 1.42. The molecular formula is C15H18N4OS2. The Bertz CT molecular complexity index is 695. The molecule has 7 heteroatoms. The molecule has 2 aliphatic heterocycles. The highest BCUT2D eigenvalue weighted by Crippen LogP contribution is 2.30. The average molecular weight is 334 g/mol. The fraction of sp³-hybridized carbons (Fsp3) is 0.533. The van der Waals surface area contributed by atoms with E-state index in [0.29, 0.717) is 5.91 Å². The molecule has 0 bridgehead atoms. The quantitative estimate of drug-likeness (QED) is 0.846. The van der Waals surface area contributed by atoms with Crippen LogP contribution in [0.4, 0.5) is 5.13 Å². The Morgan fingerprint density at radius 1 is 1.36 bits per heavy atom. The normalized spacial score (nSPS) is 21.2. The van der Waals surface area contributed by atoms with Crippen LogP contribution in [0.15, 0.2) is 11.4 Å². The Morgan fingerprint density at radius 2 is 2.27 bits per heavy atom. The van der Waals surface area contributed by atoms with Gasteiger partial charge in [0, 0.05) is 31.1 Å². The van der Waals surface area contributed by atoms with Gasteiger partial charge in [0.1, 0.15) is 5.01 Å². The molecule has 1 unspecified atom stereocenters. The summed E-state index contributed by atoms with van der Waals surface area (Å²) in [5.74, 6) is 0.407. The van der Waals surface area contributed by atoms with Crippen molar-refractivity contribution in [2.75, 3.05) is 24.5 Å². The van der Waals surface area contributed by atoms with E-state index in [1.165, 1.54) is 10.4 Å². The first-order valence-electron chi connectivity index (χ1n) is 7.60. The minimum absolute atomic E-state index is 0.101. The second kappa shape index (κ2) is 5.62. The summed E-state index contributed by atoms with van der Waals surface area (Å²) in [4.78, 5) is 18.5. The fourth-order valence-electron chi connectivity index (χ4n) is 3.24. The molecule has 0 saturated carbocycles. The summed E-state index contributed by atoms with van der Waals surface area (Å²) in [7, 11) is 0. The van der Waals surface area contributed by atoms with E-state index in [1.54, 1.807) is 11.3 Å². The molecule has 0 spiro atoms. The molecule has 5 nitrogen and oxygen atoms in total. The number of amides is 1. The maximum absolute atomic E-state index is 12.8. The molecule has 0 aromatic carbocycles. The van der Waals surface area contributed by atoms with Crippen molar-refractivity contribution in [3.05, 3.63) is 26.9 Å². The standard InChI is InChI=1S/C15H18N4OS2/c1-10-16-17-15(22-10)19-5-2-12(9-19)14(20)18-6-3-13-11(8-18)4-7-21-13/h4,7,12H,2-3,5-6,8-9H2,1H3. The van der Waals surface area contributed by atoms with Crippen molar-refractivity contribution in [3.8, 4) is 0 Å². The number of rotatable bonds is 2. The molecule has 116 valence electrons. The van der Waals surface area contributed by atoms with E-state index >= 15 is 0 Å². The largest absolute Gasteiger partial charge is 0.346 e. The van der Waals surface area contributed by atoms with Crippen molar-refractivity contribution in [1.82, 2.24) is 15.1 Å². The number of fused-ring (bicyclic) bond motifs is 1. The van der Waals surface area contributed by atoms with Gasteiger partial charge in [-0.1, -0.05) is 11.3 Å². The zero-order chi connectivity index (χ0) is 15.1. The molecule has 2 aromatic heterocycles. The lowest BCUT2D eigenvalue weighted by molar-refractivity contribution is -0.135. The number of aromatic nitrogens is 2. The van der Waals surface area contributed by atoms with Gasteiger partial charge in [0.15, 0.2) is 0 Å². The summed E-state index contributed by atoms with van der Waals surface area (Å²) < 4.78 is 0. The first-order chi connectivity index (χ1) is 10.7. The number of hydrogen-bond acceptors (Lipinski definition) is 6. The lowest BCUT2D eigenvalue weighted by atomic mass is 10.0. The van der Waals surface area contributed by atoms with E-state index in [4.69, 9.17) is 0 Å². The molecule has 1 amide bonds. The van der Waals surface area contributed by atoms with Crippen LogP contribution in [-0.2, 0) is 17.8 Å². The van der Waals surface area contributed by atoms with Crippen molar-refractivity contribution in [3.63, 3.8) is 0 Å². The highest BCUT2D eigenvalue weighted by molar-refractivity contribution is 7.15. The van der Waals surface area contributed by atoms with Gasteiger partial charge in [0.05, 0.1) is 5.92 Å². The van der Waals surface area contributed by atoms with Crippen LogP contribution in [-0.4, -0.2) is 40.6 Å². The van der Waals surface area contributed by atoms with E-state index in [0.717, 1.165) is 49.2 Å². The number of nitrogens with zero attached hydrogens (tertiary/aromatic N) is 4. The molecule has 4 rings (SSSR count). The highest BCUT2D eigenvalue weighted by Gasteiger charge is 2.34. The van der Waals surface area contributed by atoms with Gasteiger partial charge < -0.3 is 9.80 Å². The Morgan fingerprint density at radius 3 is 3.09 bits per heavy atom. The monoisotopic (exact) mass is 334 g/mol. The predicted molar refractivity (Wildman–Crippen MR) is 88.4 cm³/mol. The second-order valence-electron chi connectivity index (χ2n) is 5.91. The highest BCUT2D eigenvalue weighted by atomic mass is 32.1. The number of thiophene rings is 1. The first-order valence-corrected chi connectivity index (χ1v) is 9.29. The molecule has 22 heavy (non-hydrogen) atoms. The smallest absolute Gasteiger partial charge is 0.227 e. The third-order valence-corrected chi connectivity index (χ3v) is 6.37. The van der Waals surface area contributed by atoms with Gasteiger partial charge >= 0.3 is 0 Å². The van der Waals surface area contributed by atoms with E-state index in [-0.39, 0.29) is 5.92 Å². The number of aryl methyl sites for hydroxylation is 1. The van der Waals surface area contributed by atoms with Crippen LogP contribution < -0.4 is 4.90 Å². The van der Waals surface area contributed by atoms with Crippen LogP contribution in [0, 0.1) is 12.8 Å². The zero-order valence-electron chi connectivity index (χ0n) is 12.5. The average Bonchev–Trinajstić information content (AvgIpc) is 3.25. The minimum Gasteiger partial charge on any atom is -0.346 e. The molecule has 1 fully saturated rings. The van der Waals surface area contributed by atoms with Gasteiger partial charge in [0.2, 0.25) is 11.0 Å². The molecule has 2 aromatic rings. The lowest BCUT2D eigenvalue weighted by Gasteiger charge is -2.29. The summed E-state index contributed by atoms with van der Waals surface area (Å²) in [5.41, 5.74) is 1.33. The van der Waals surface area contributed by atoms with Gasteiger partial charge in [-0.25, -0.2) is 0 Å². The molecule has 0 aliphatic carbocycles. The van der Waals surface area contributed by atoms with Crippen LogP contribution in [0.25, 0.3) is 0 Å². The predicted octanol–water partition coefficient (Wildman–Crippen LogP) is 2.32. The van der Waals surface area contributed by atoms with Crippen molar-refractivity contribution in [1.29, 1.82) is 0 Å². The van der Waals surface area contributed by atoms with Crippen LogP contribution in [0.2, 0.25) is 0 Å². The van der Waals surface area contributed by atoms with Crippen molar-refractivity contribution in [2.45, 2.75) is 26.3 Å². The van der Waals surface area contributed by atoms with E-state index in [1.807, 2.05) is 23.2 Å². The lowest BCUT2D eigenvalue weighted by Crippen LogP contribution is -2.40. The third kappa shape index (κ3) is 2.52. The van der Waals surface area contributed by atoms with Gasteiger partial charge in [-0.2, -0.15) is 0 Å². The SMILES string of the molecule is Cc1nnc(N2CCC(C(=O)N3CCc4sccc4C3)C2)s1. The Kier molecular flexibility index (Phi) is 3.62. The molecular weight excluding hydrogens is 316 g/mol. The number of anilines is 1. The second-order valence-corrected chi connectivity index (χ2v) is 8.07. The van der Waals surface area contributed by atoms with Crippen LogP contribution in [0.5, 0.6) is 0 Å². The van der Waals surface area contributed by atoms with E-state index in [9.17, 15) is 4.79 Å². The summed E-state index contributed by atoms with van der Waals surface area (Å²) in [5, 5.41) is 12.3. The van der Waals surface area contributed by atoms with Crippen LogP contribution >= 0.6 is 22.7 Å². The van der Waals surface area contributed by atoms with Gasteiger partial charge in [-0.3, -0.25) is 4.79 Å². The molecule has 2 aliphatic rings. The summed E-state index contributed by atoms with van der Waals surface area (Å²) in [6.07, 6.45) is 1.93. The van der Waals surface area contributed by atoms with Crippen molar-refractivity contribution < 1.29 is 4.79 Å². The minimum atomic E-state index is 0.101.